The van der Waals surface area contributed by atoms with E-state index in [1.165, 1.54) is 6.20 Å². The Morgan fingerprint density at radius 1 is 1.56 bits per heavy atom. The molecule has 98 valence electrons. The van der Waals surface area contributed by atoms with E-state index in [0.717, 1.165) is 11.3 Å². The third-order valence-electron chi connectivity index (χ3n) is 2.03. The Morgan fingerprint density at radius 3 is 2.78 bits per heavy atom. The number of anilines is 1. The molecule has 2 heterocycles. The lowest BCUT2D eigenvalue weighted by molar-refractivity contribution is 0.387. The van der Waals surface area contributed by atoms with E-state index in [4.69, 9.17) is 9.66 Å². The van der Waals surface area contributed by atoms with Crippen molar-refractivity contribution in [1.82, 2.24) is 15.1 Å². The van der Waals surface area contributed by atoms with Crippen molar-refractivity contribution in [3.8, 4) is 0 Å². The molecule has 10 heteroatoms. The first-order valence-electron chi connectivity index (χ1n) is 4.85. The molecule has 18 heavy (non-hydrogen) atoms. The molecule has 0 fully saturated rings. The second kappa shape index (κ2) is 4.63. The van der Waals surface area contributed by atoms with Gasteiger partial charge in [-0.3, -0.25) is 0 Å². The predicted octanol–water partition coefficient (Wildman–Crippen LogP) is 0.118. The van der Waals surface area contributed by atoms with Gasteiger partial charge in [0.15, 0.2) is 15.2 Å². The standard InChI is InChI=1S/C8H11N5O3S2/c1-5-11-6(12-16-5)4-13(2)8-10-3-7(17-8)18(9,14)15/h3H,4H2,1-2H3,(H2,9,14,15). The first kappa shape index (κ1) is 12.9. The van der Waals surface area contributed by atoms with Crippen LogP contribution in [0.2, 0.25) is 0 Å². The normalized spacial score (nSPS) is 11.7. The van der Waals surface area contributed by atoms with Gasteiger partial charge in [0.05, 0.1) is 12.7 Å². The molecule has 0 amide bonds. The first-order chi connectivity index (χ1) is 8.36. The van der Waals surface area contributed by atoms with Crippen LogP contribution in [0, 0.1) is 6.92 Å². The van der Waals surface area contributed by atoms with Gasteiger partial charge in [-0.1, -0.05) is 16.5 Å². The van der Waals surface area contributed by atoms with E-state index in [-0.39, 0.29) is 4.21 Å². The Balaban J connectivity index is 2.14. The summed E-state index contributed by atoms with van der Waals surface area (Å²) < 4.78 is 27.1. The van der Waals surface area contributed by atoms with Gasteiger partial charge in [0, 0.05) is 14.0 Å². The van der Waals surface area contributed by atoms with E-state index in [1.54, 1.807) is 18.9 Å². The number of nitrogens with zero attached hydrogens (tertiary/aromatic N) is 4. The molecule has 0 aliphatic carbocycles. The maximum atomic E-state index is 11.1. The van der Waals surface area contributed by atoms with E-state index in [0.29, 0.717) is 23.4 Å². The van der Waals surface area contributed by atoms with Gasteiger partial charge in [0.1, 0.15) is 0 Å². The first-order valence-corrected chi connectivity index (χ1v) is 7.21. The fraction of sp³-hybridized carbons (Fsp3) is 0.375. The summed E-state index contributed by atoms with van der Waals surface area (Å²) in [4.78, 5) is 9.74. The molecule has 2 aromatic rings. The highest BCUT2D eigenvalue weighted by molar-refractivity contribution is 7.91. The lowest BCUT2D eigenvalue weighted by Gasteiger charge is -2.12. The molecule has 0 spiro atoms. The van der Waals surface area contributed by atoms with Crippen LogP contribution < -0.4 is 10.0 Å². The zero-order valence-corrected chi connectivity index (χ0v) is 11.3. The number of sulfonamides is 1. The summed E-state index contributed by atoms with van der Waals surface area (Å²) in [6, 6.07) is 0. The molecule has 0 aromatic carbocycles. The highest BCUT2D eigenvalue weighted by Crippen LogP contribution is 2.24. The average Bonchev–Trinajstić information content (AvgIpc) is 2.85. The Morgan fingerprint density at radius 2 is 2.28 bits per heavy atom. The van der Waals surface area contributed by atoms with Gasteiger partial charge in [-0.05, 0) is 0 Å². The molecule has 0 aliphatic heterocycles. The largest absolute Gasteiger partial charge is 0.343 e. The van der Waals surface area contributed by atoms with E-state index >= 15 is 0 Å². The molecule has 2 rings (SSSR count). The summed E-state index contributed by atoms with van der Waals surface area (Å²) >= 11 is 0.990. The molecule has 8 nitrogen and oxygen atoms in total. The van der Waals surface area contributed by atoms with Crippen LogP contribution in [-0.2, 0) is 16.6 Å². The van der Waals surface area contributed by atoms with E-state index in [2.05, 4.69) is 15.1 Å². The summed E-state index contributed by atoms with van der Waals surface area (Å²) in [6.07, 6.45) is 1.23. The lowest BCUT2D eigenvalue weighted by Crippen LogP contribution is -2.17. The van der Waals surface area contributed by atoms with Crippen molar-refractivity contribution < 1.29 is 12.9 Å². The zero-order chi connectivity index (χ0) is 13.3. The maximum Gasteiger partial charge on any atom is 0.249 e. The Bertz CT molecular complexity index is 647. The van der Waals surface area contributed by atoms with Gasteiger partial charge < -0.3 is 9.42 Å². The van der Waals surface area contributed by atoms with Crippen LogP contribution in [0.15, 0.2) is 14.9 Å². The molecule has 0 unspecified atom stereocenters. The predicted molar refractivity (Wildman–Crippen MR) is 64.6 cm³/mol. The minimum atomic E-state index is -3.70. The second-order valence-corrected chi connectivity index (χ2v) is 6.39. The van der Waals surface area contributed by atoms with Crippen LogP contribution in [0.5, 0.6) is 0 Å². The second-order valence-electron chi connectivity index (χ2n) is 3.59. The number of aromatic nitrogens is 3. The minimum Gasteiger partial charge on any atom is -0.343 e. The highest BCUT2D eigenvalue weighted by atomic mass is 32.2. The third-order valence-corrected chi connectivity index (χ3v) is 4.55. The van der Waals surface area contributed by atoms with Gasteiger partial charge in [-0.25, -0.2) is 18.5 Å². The summed E-state index contributed by atoms with van der Waals surface area (Å²) in [5, 5.41) is 9.27. The Kier molecular flexibility index (Phi) is 3.32. The molecular formula is C8H11N5O3S2. The van der Waals surface area contributed by atoms with Crippen molar-refractivity contribution >= 4 is 26.5 Å². The molecule has 2 aromatic heterocycles. The molecule has 0 saturated carbocycles. The summed E-state index contributed by atoms with van der Waals surface area (Å²) in [7, 11) is -1.96. The number of thiazole rings is 1. The van der Waals surface area contributed by atoms with Crippen LogP contribution in [0.1, 0.15) is 11.7 Å². The van der Waals surface area contributed by atoms with Crippen LogP contribution in [0.4, 0.5) is 5.13 Å². The van der Waals surface area contributed by atoms with E-state index < -0.39 is 10.0 Å². The maximum absolute atomic E-state index is 11.1. The quantitative estimate of drug-likeness (QED) is 0.849. The number of primary sulfonamides is 1. The average molecular weight is 289 g/mol. The zero-order valence-electron chi connectivity index (χ0n) is 9.69. The minimum absolute atomic E-state index is 0.0219. The summed E-state index contributed by atoms with van der Waals surface area (Å²) in [5.74, 6) is 0.977. The molecule has 0 radical (unpaired) electrons. The molecule has 0 bridgehead atoms. The molecule has 2 N–H and O–H groups in total. The number of hydrogen-bond acceptors (Lipinski definition) is 8. The summed E-state index contributed by atoms with van der Waals surface area (Å²) in [5.41, 5.74) is 0. The van der Waals surface area contributed by atoms with Crippen molar-refractivity contribution in [3.63, 3.8) is 0 Å². The Labute approximate surface area is 107 Å². The van der Waals surface area contributed by atoms with Crippen molar-refractivity contribution in [2.45, 2.75) is 17.7 Å². The van der Waals surface area contributed by atoms with Crippen molar-refractivity contribution in [3.05, 3.63) is 17.9 Å². The number of hydrogen-bond donors (Lipinski definition) is 1. The van der Waals surface area contributed by atoms with E-state index in [1.807, 2.05) is 0 Å². The molecule has 0 saturated heterocycles. The lowest BCUT2D eigenvalue weighted by atomic mass is 10.5. The smallest absolute Gasteiger partial charge is 0.249 e. The van der Waals surface area contributed by atoms with Crippen LogP contribution in [0.3, 0.4) is 0 Å². The number of rotatable bonds is 4. The van der Waals surface area contributed by atoms with Gasteiger partial charge in [-0.15, -0.1) is 0 Å². The van der Waals surface area contributed by atoms with Gasteiger partial charge in [0.25, 0.3) is 0 Å². The van der Waals surface area contributed by atoms with Crippen LogP contribution in [0.25, 0.3) is 0 Å². The molecular weight excluding hydrogens is 278 g/mol. The van der Waals surface area contributed by atoms with Gasteiger partial charge in [-0.2, -0.15) is 4.98 Å². The SMILES string of the molecule is Cc1nc(CN(C)c2ncc(S(N)(=O)=O)s2)no1. The molecule has 0 atom stereocenters. The van der Waals surface area contributed by atoms with Crippen molar-refractivity contribution in [1.29, 1.82) is 0 Å². The van der Waals surface area contributed by atoms with Gasteiger partial charge >= 0.3 is 0 Å². The summed E-state index contributed by atoms with van der Waals surface area (Å²) in [6.45, 7) is 2.06. The van der Waals surface area contributed by atoms with Gasteiger partial charge in [0.2, 0.25) is 15.9 Å². The third kappa shape index (κ3) is 2.83. The van der Waals surface area contributed by atoms with Crippen molar-refractivity contribution in [2.24, 2.45) is 5.14 Å². The topological polar surface area (TPSA) is 115 Å². The van der Waals surface area contributed by atoms with Crippen LogP contribution >= 0.6 is 11.3 Å². The van der Waals surface area contributed by atoms with Crippen molar-refractivity contribution in [2.75, 3.05) is 11.9 Å². The number of nitrogens with two attached hydrogens (primary N) is 1. The Hall–Kier alpha value is -1.52. The van der Waals surface area contributed by atoms with E-state index in [9.17, 15) is 8.42 Å². The monoisotopic (exact) mass is 289 g/mol. The van der Waals surface area contributed by atoms with Crippen LogP contribution in [-0.4, -0.2) is 30.6 Å². The molecule has 0 aliphatic rings. The number of aryl methyl sites for hydroxylation is 1. The fourth-order valence-electron chi connectivity index (χ4n) is 1.24. The fourth-order valence-corrected chi connectivity index (χ4v) is 2.74. The highest BCUT2D eigenvalue weighted by Gasteiger charge is 2.16.